The van der Waals surface area contributed by atoms with Gasteiger partial charge in [0.1, 0.15) is 13.5 Å². The van der Waals surface area contributed by atoms with E-state index in [1.54, 1.807) is 24.4 Å². The van der Waals surface area contributed by atoms with Gasteiger partial charge in [-0.05, 0) is 18.2 Å². The van der Waals surface area contributed by atoms with Crippen molar-refractivity contribution in [1.82, 2.24) is 9.38 Å². The van der Waals surface area contributed by atoms with Gasteiger partial charge in [-0.1, -0.05) is 23.7 Å². The van der Waals surface area contributed by atoms with Crippen molar-refractivity contribution in [2.24, 2.45) is 0 Å². The molecule has 0 spiro atoms. The van der Waals surface area contributed by atoms with Crippen LogP contribution in [0.5, 0.6) is 0 Å². The molecule has 0 unspecified atom stereocenters. The quantitative estimate of drug-likeness (QED) is 0.399. The minimum Gasteiger partial charge on any atom is -0.268 e. The van der Waals surface area contributed by atoms with Gasteiger partial charge in [0.05, 0.1) is 10.9 Å². The Bertz CT molecular complexity index is 749. The maximum Gasteiger partial charge on any atom is 0.265 e. The number of nitrogens with zero attached hydrogens (tertiary/aromatic N) is 2. The van der Waals surface area contributed by atoms with Crippen LogP contribution in [0.3, 0.4) is 0 Å². The molecule has 4 heteroatoms. The molecule has 3 rings (SSSR count). The van der Waals surface area contributed by atoms with Gasteiger partial charge in [-0.3, -0.25) is 9.20 Å². The first kappa shape index (κ1) is 9.15. The number of hydrogen-bond acceptors (Lipinski definition) is 2. The summed E-state index contributed by atoms with van der Waals surface area (Å²) in [6.07, 6.45) is 1.65. The number of fused-ring (bicyclic) bond motifs is 2. The zero-order chi connectivity index (χ0) is 11.1. The lowest BCUT2D eigenvalue weighted by molar-refractivity contribution is 1.08. The van der Waals surface area contributed by atoms with E-state index < -0.39 is 0 Å². The van der Waals surface area contributed by atoms with Crippen LogP contribution < -0.4 is 11.0 Å². The highest BCUT2D eigenvalue weighted by atomic mass is 16.1. The van der Waals surface area contributed by atoms with Gasteiger partial charge in [0, 0.05) is 6.20 Å². The van der Waals surface area contributed by atoms with Crippen LogP contribution in [-0.4, -0.2) is 17.2 Å². The van der Waals surface area contributed by atoms with E-state index in [0.717, 1.165) is 0 Å². The highest BCUT2D eigenvalue weighted by molar-refractivity contribution is 6.32. The molecule has 3 aromatic rings. The first-order chi connectivity index (χ1) is 7.75. The fourth-order valence-electron chi connectivity index (χ4n) is 1.77. The van der Waals surface area contributed by atoms with E-state index >= 15 is 0 Å². The summed E-state index contributed by atoms with van der Waals surface area (Å²) in [6, 6.07) is 10.7. The zero-order valence-corrected chi connectivity index (χ0v) is 8.42. The molecule has 3 nitrogen and oxygen atoms in total. The summed E-state index contributed by atoms with van der Waals surface area (Å²) in [7, 11) is 5.66. The predicted octanol–water partition coefficient (Wildman–Crippen LogP) is 0.641. The molecule has 0 saturated carbocycles. The monoisotopic (exact) mass is 206 g/mol. The summed E-state index contributed by atoms with van der Waals surface area (Å²) in [5, 5.41) is 0.616. The Morgan fingerprint density at radius 2 is 2.00 bits per heavy atom. The van der Waals surface area contributed by atoms with E-state index in [2.05, 4.69) is 4.98 Å². The second-order valence-corrected chi connectivity index (χ2v) is 3.62. The van der Waals surface area contributed by atoms with Crippen LogP contribution in [0.15, 0.2) is 47.4 Å². The third-order valence-electron chi connectivity index (χ3n) is 2.55. The molecular formula is C12H7BN2O. The highest BCUT2D eigenvalue weighted by Gasteiger charge is 2.03. The number of aromatic nitrogens is 2. The molecular weight excluding hydrogens is 199 g/mol. The Kier molecular flexibility index (Phi) is 1.83. The van der Waals surface area contributed by atoms with Gasteiger partial charge in [0.25, 0.3) is 5.56 Å². The average Bonchev–Trinajstić information content (AvgIpc) is 2.29. The molecule has 74 valence electrons. The molecule has 0 fully saturated rings. The van der Waals surface area contributed by atoms with Gasteiger partial charge in [-0.25, -0.2) is 4.98 Å². The summed E-state index contributed by atoms with van der Waals surface area (Å²) >= 11 is 0. The Balaban J connectivity index is 2.61. The maximum absolute atomic E-state index is 12.1. The molecule has 0 aliphatic heterocycles. The molecule has 2 heterocycles. The molecule has 0 aliphatic carbocycles. The molecule has 16 heavy (non-hydrogen) atoms. The fraction of sp³-hybridized carbons (Fsp3) is 0. The van der Waals surface area contributed by atoms with Gasteiger partial charge < -0.3 is 0 Å². The van der Waals surface area contributed by atoms with E-state index in [-0.39, 0.29) is 5.56 Å². The maximum atomic E-state index is 12.1. The van der Waals surface area contributed by atoms with E-state index in [1.165, 1.54) is 4.40 Å². The predicted molar refractivity (Wildman–Crippen MR) is 64.4 cm³/mol. The summed E-state index contributed by atoms with van der Waals surface area (Å²) in [4.78, 5) is 16.5. The van der Waals surface area contributed by atoms with E-state index in [1.807, 2.05) is 18.2 Å². The third-order valence-corrected chi connectivity index (χ3v) is 2.55. The van der Waals surface area contributed by atoms with Crippen LogP contribution in [0.25, 0.3) is 16.6 Å². The SMILES string of the molecule is [B]c1ccn2c(=O)c3ccccc3nc2c1. The van der Waals surface area contributed by atoms with Crippen molar-refractivity contribution in [3.63, 3.8) is 0 Å². The first-order valence-corrected chi connectivity index (χ1v) is 4.92. The van der Waals surface area contributed by atoms with Crippen molar-refractivity contribution < 1.29 is 0 Å². The lowest BCUT2D eigenvalue weighted by atomic mass is 9.98. The summed E-state index contributed by atoms with van der Waals surface area (Å²) < 4.78 is 1.50. The van der Waals surface area contributed by atoms with Crippen molar-refractivity contribution in [2.45, 2.75) is 0 Å². The fourth-order valence-corrected chi connectivity index (χ4v) is 1.77. The molecule has 2 radical (unpaired) electrons. The number of hydrogen-bond donors (Lipinski definition) is 0. The van der Waals surface area contributed by atoms with E-state index in [0.29, 0.717) is 22.0 Å². The molecule has 0 bridgehead atoms. The molecule has 1 aromatic carbocycles. The van der Waals surface area contributed by atoms with Crippen molar-refractivity contribution in [3.05, 3.63) is 52.9 Å². The Hall–Kier alpha value is -2.10. The van der Waals surface area contributed by atoms with Crippen LogP contribution in [0.2, 0.25) is 0 Å². The molecule has 0 saturated heterocycles. The summed E-state index contributed by atoms with van der Waals surface area (Å²) in [5.41, 5.74) is 1.80. The van der Waals surface area contributed by atoms with Gasteiger partial charge in [-0.15, -0.1) is 0 Å². The third kappa shape index (κ3) is 1.23. The van der Waals surface area contributed by atoms with Crippen LogP contribution in [0, 0.1) is 0 Å². The molecule has 0 atom stereocenters. The van der Waals surface area contributed by atoms with Crippen molar-refractivity contribution in [3.8, 4) is 0 Å². The normalized spacial score (nSPS) is 11.0. The smallest absolute Gasteiger partial charge is 0.265 e. The second-order valence-electron chi connectivity index (χ2n) is 3.62. The van der Waals surface area contributed by atoms with Crippen molar-refractivity contribution in [2.75, 3.05) is 0 Å². The summed E-state index contributed by atoms with van der Waals surface area (Å²) in [5.74, 6) is 0. The van der Waals surface area contributed by atoms with Gasteiger partial charge in [0.2, 0.25) is 0 Å². The topological polar surface area (TPSA) is 34.4 Å². The number of para-hydroxylation sites is 1. The second kappa shape index (κ2) is 3.20. The van der Waals surface area contributed by atoms with E-state index in [9.17, 15) is 4.79 Å². The first-order valence-electron chi connectivity index (χ1n) is 4.92. The molecule has 0 N–H and O–H groups in total. The highest BCUT2D eigenvalue weighted by Crippen LogP contribution is 2.07. The number of benzene rings is 1. The average molecular weight is 206 g/mol. The number of rotatable bonds is 0. The Morgan fingerprint density at radius 1 is 1.19 bits per heavy atom. The zero-order valence-electron chi connectivity index (χ0n) is 8.42. The van der Waals surface area contributed by atoms with Crippen molar-refractivity contribution >= 4 is 29.9 Å². The minimum absolute atomic E-state index is 0.0689. The van der Waals surface area contributed by atoms with Gasteiger partial charge in [-0.2, -0.15) is 0 Å². The van der Waals surface area contributed by atoms with Crippen molar-refractivity contribution in [1.29, 1.82) is 0 Å². The minimum atomic E-state index is -0.0689. The van der Waals surface area contributed by atoms with Crippen LogP contribution >= 0.6 is 0 Å². The lowest BCUT2D eigenvalue weighted by Gasteiger charge is -2.03. The Morgan fingerprint density at radius 3 is 2.88 bits per heavy atom. The molecule has 2 aromatic heterocycles. The van der Waals surface area contributed by atoms with Crippen LogP contribution in [0.1, 0.15) is 0 Å². The Labute approximate surface area is 92.8 Å². The van der Waals surface area contributed by atoms with Gasteiger partial charge >= 0.3 is 0 Å². The lowest BCUT2D eigenvalue weighted by Crippen LogP contribution is -2.17. The van der Waals surface area contributed by atoms with Gasteiger partial charge in [0.15, 0.2) is 0 Å². The van der Waals surface area contributed by atoms with Crippen LogP contribution in [0.4, 0.5) is 0 Å². The van der Waals surface area contributed by atoms with E-state index in [4.69, 9.17) is 7.85 Å². The van der Waals surface area contributed by atoms with Crippen LogP contribution in [-0.2, 0) is 0 Å². The standard InChI is InChI=1S/C12H7BN2O/c13-8-5-6-15-11(7-8)14-10-4-2-1-3-9(10)12(15)16/h1-7H. The number of pyridine rings is 1. The molecule has 0 amide bonds. The largest absolute Gasteiger partial charge is 0.268 e. The summed E-state index contributed by atoms with van der Waals surface area (Å²) in [6.45, 7) is 0. The molecule has 0 aliphatic rings.